The number of thioether (sulfide) groups is 2. The molecule has 0 bridgehead atoms. The summed E-state index contributed by atoms with van der Waals surface area (Å²) in [6.07, 6.45) is 2.54. The second kappa shape index (κ2) is 13.9. The summed E-state index contributed by atoms with van der Waals surface area (Å²) in [5.41, 5.74) is 0.0436. The Morgan fingerprint density at radius 1 is 0.595 bits per heavy atom. The van der Waals surface area contributed by atoms with Crippen LogP contribution in [0.15, 0.2) is 117 Å². The fraction of sp³-hybridized carbons (Fsp3) is 0. The lowest BCUT2D eigenvalue weighted by Crippen LogP contribution is -2.05. The Morgan fingerprint density at radius 3 is 1.29 bits per heavy atom. The molecule has 0 aliphatic heterocycles. The monoisotopic (exact) mass is 676 g/mol. The minimum atomic E-state index is -4.73. The van der Waals surface area contributed by atoms with E-state index in [2.05, 4.69) is 0 Å². The van der Waals surface area contributed by atoms with E-state index in [9.17, 15) is 25.9 Å². The van der Waals surface area contributed by atoms with Crippen LogP contribution in [0.1, 0.15) is 11.1 Å². The third-order valence-corrected chi connectivity index (χ3v) is 9.26. The first-order chi connectivity index (χ1) is 19.9. The van der Waals surface area contributed by atoms with E-state index in [1.807, 2.05) is 60.7 Å². The molecular weight excluding hydrogens is 657 g/mol. The van der Waals surface area contributed by atoms with E-state index in [0.717, 1.165) is 45.4 Å². The lowest BCUT2D eigenvalue weighted by atomic mass is 10.1. The molecular formula is C28H20O8S6. The second-order valence-corrected chi connectivity index (χ2v) is 14.3. The summed E-state index contributed by atoms with van der Waals surface area (Å²) < 4.78 is 79.7. The Morgan fingerprint density at radius 2 is 0.952 bits per heavy atom. The quantitative estimate of drug-likeness (QED) is 0.0844. The molecule has 0 saturated carbocycles. The van der Waals surface area contributed by atoms with E-state index in [0.29, 0.717) is 0 Å². The normalized spacial score (nSPS) is 11.8. The Balaban J connectivity index is 1.57. The molecule has 0 heterocycles. The van der Waals surface area contributed by atoms with Crippen LogP contribution in [-0.4, -0.2) is 34.7 Å². The summed E-state index contributed by atoms with van der Waals surface area (Å²) in [5.74, 6) is 0.135. The van der Waals surface area contributed by atoms with Gasteiger partial charge in [-0.25, -0.2) is 0 Å². The van der Waals surface area contributed by atoms with Gasteiger partial charge < -0.3 is 9.47 Å². The molecule has 42 heavy (non-hydrogen) atoms. The third kappa shape index (κ3) is 9.21. The van der Waals surface area contributed by atoms with Crippen LogP contribution in [0.5, 0.6) is 11.5 Å². The van der Waals surface area contributed by atoms with Gasteiger partial charge >= 0.3 is 0 Å². The predicted octanol–water partition coefficient (Wildman–Crippen LogP) is 7.26. The molecule has 0 aromatic heterocycles. The number of hydrogen-bond donors (Lipinski definition) is 2. The van der Waals surface area contributed by atoms with Gasteiger partial charge in [0.1, 0.15) is 21.3 Å². The molecule has 0 aliphatic rings. The van der Waals surface area contributed by atoms with Crippen molar-refractivity contribution in [3.8, 4) is 11.5 Å². The van der Waals surface area contributed by atoms with Gasteiger partial charge in [0, 0.05) is 21.9 Å². The molecule has 216 valence electrons. The van der Waals surface area contributed by atoms with Gasteiger partial charge in [-0.05, 0) is 108 Å². The summed E-state index contributed by atoms with van der Waals surface area (Å²) in [6.45, 7) is 0. The van der Waals surface area contributed by atoms with Crippen molar-refractivity contribution in [1.82, 2.24) is 0 Å². The lowest BCUT2D eigenvalue weighted by molar-refractivity contribution is 0.479. The Labute approximate surface area is 262 Å². The molecule has 0 fully saturated rings. The molecule has 8 nitrogen and oxygen atoms in total. The predicted molar refractivity (Wildman–Crippen MR) is 172 cm³/mol. The average molecular weight is 677 g/mol. The minimum absolute atomic E-state index is 0.0218. The standard InChI is InChI=1S/C28H20O8S6/c29-41(30,31)25-17-21(35-27(37)39-23-7-3-1-4-8-23)15-13-19(25)11-12-20-14-16-22(18-26(20)42(32,33)34)36-28(38)40-24-9-5-2-6-10-24/h1-18H,(H,29,30,31)(H,32,33,34). The van der Waals surface area contributed by atoms with Crippen LogP contribution in [0.25, 0.3) is 12.2 Å². The van der Waals surface area contributed by atoms with Crippen LogP contribution in [-0.2, 0) is 20.2 Å². The molecule has 4 aromatic carbocycles. The van der Waals surface area contributed by atoms with E-state index in [4.69, 9.17) is 33.9 Å². The average Bonchev–Trinajstić information content (AvgIpc) is 2.92. The van der Waals surface area contributed by atoms with E-state index in [-0.39, 0.29) is 31.4 Å². The number of rotatable bonds is 8. The molecule has 14 heteroatoms. The van der Waals surface area contributed by atoms with Crippen molar-refractivity contribution in [2.45, 2.75) is 19.6 Å². The van der Waals surface area contributed by atoms with E-state index in [1.165, 1.54) is 36.4 Å². The topological polar surface area (TPSA) is 127 Å². The molecule has 0 saturated heterocycles. The van der Waals surface area contributed by atoms with Crippen molar-refractivity contribution in [2.75, 3.05) is 0 Å². The molecule has 4 aromatic rings. The molecule has 2 N–H and O–H groups in total. The van der Waals surface area contributed by atoms with Crippen LogP contribution in [0, 0.1) is 0 Å². The van der Waals surface area contributed by atoms with Gasteiger partial charge in [0.15, 0.2) is 0 Å². The maximum absolute atomic E-state index is 12.2. The van der Waals surface area contributed by atoms with Crippen molar-refractivity contribution < 1.29 is 35.4 Å². The zero-order valence-corrected chi connectivity index (χ0v) is 26.1. The summed E-state index contributed by atoms with van der Waals surface area (Å²) in [4.78, 5) is 0.639. The highest BCUT2D eigenvalue weighted by molar-refractivity contribution is 8.23. The highest BCUT2D eigenvalue weighted by atomic mass is 32.2. The van der Waals surface area contributed by atoms with Gasteiger partial charge in [0.05, 0.1) is 0 Å². The van der Waals surface area contributed by atoms with Gasteiger partial charge in [-0.15, -0.1) is 0 Å². The Kier molecular flexibility index (Phi) is 10.6. The van der Waals surface area contributed by atoms with Crippen LogP contribution in [0.2, 0.25) is 0 Å². The smallest absolute Gasteiger partial charge is 0.295 e. The van der Waals surface area contributed by atoms with E-state index < -0.39 is 30.0 Å². The Hall–Kier alpha value is -3.08. The van der Waals surface area contributed by atoms with Gasteiger partial charge in [-0.1, -0.05) is 48.6 Å². The van der Waals surface area contributed by atoms with Crippen LogP contribution in [0.4, 0.5) is 0 Å². The van der Waals surface area contributed by atoms with Gasteiger partial charge in [-0.3, -0.25) is 9.11 Å². The van der Waals surface area contributed by atoms with Gasteiger partial charge in [-0.2, -0.15) is 16.8 Å². The molecule has 0 unspecified atom stereocenters. The molecule has 0 atom stereocenters. The molecule has 0 amide bonds. The number of benzene rings is 4. The maximum atomic E-state index is 12.2. The van der Waals surface area contributed by atoms with Crippen molar-refractivity contribution in [2.24, 2.45) is 0 Å². The number of ether oxygens (including phenoxy) is 2. The zero-order chi connectivity index (χ0) is 30.3. The third-order valence-electron chi connectivity index (χ3n) is 5.26. The lowest BCUT2D eigenvalue weighted by Gasteiger charge is -2.11. The SMILES string of the molecule is O=S(=O)(O)c1cc(OC(=S)Sc2ccccc2)ccc1C=Cc1ccc(OC(=S)Sc2ccccc2)cc1S(=O)(=O)O. The van der Waals surface area contributed by atoms with Crippen LogP contribution < -0.4 is 9.47 Å². The summed E-state index contributed by atoms with van der Waals surface area (Å²) in [5, 5.41) is 0. The van der Waals surface area contributed by atoms with Crippen molar-refractivity contribution in [1.29, 1.82) is 0 Å². The fourth-order valence-electron chi connectivity index (χ4n) is 3.46. The van der Waals surface area contributed by atoms with Gasteiger partial charge in [0.2, 0.25) is 8.77 Å². The second-order valence-electron chi connectivity index (χ2n) is 8.22. The number of hydrogen-bond acceptors (Lipinski definition) is 10. The molecule has 0 aliphatic carbocycles. The van der Waals surface area contributed by atoms with E-state index >= 15 is 0 Å². The molecule has 0 spiro atoms. The Bertz CT molecular complexity index is 1720. The summed E-state index contributed by atoms with van der Waals surface area (Å²) in [7, 11) is -9.45. The zero-order valence-electron chi connectivity index (χ0n) is 21.2. The summed E-state index contributed by atoms with van der Waals surface area (Å²) >= 11 is 12.8. The minimum Gasteiger partial charge on any atom is -0.439 e. The first kappa shape index (κ1) is 31.8. The van der Waals surface area contributed by atoms with Crippen molar-refractivity contribution in [3.63, 3.8) is 0 Å². The summed E-state index contributed by atoms with van der Waals surface area (Å²) in [6, 6.07) is 26.1. The first-order valence-electron chi connectivity index (χ1n) is 11.7. The van der Waals surface area contributed by atoms with E-state index in [1.54, 1.807) is 0 Å². The van der Waals surface area contributed by atoms with Crippen LogP contribution >= 0.6 is 48.0 Å². The highest BCUT2D eigenvalue weighted by Gasteiger charge is 2.19. The van der Waals surface area contributed by atoms with Gasteiger partial charge in [0.25, 0.3) is 20.2 Å². The fourth-order valence-corrected chi connectivity index (χ4v) is 6.88. The largest absolute Gasteiger partial charge is 0.439 e. The maximum Gasteiger partial charge on any atom is 0.295 e. The van der Waals surface area contributed by atoms with Crippen molar-refractivity contribution in [3.05, 3.63) is 108 Å². The number of thiocarbonyl (C=S) groups is 2. The first-order valence-corrected chi connectivity index (χ1v) is 17.0. The van der Waals surface area contributed by atoms with Crippen LogP contribution in [0.3, 0.4) is 0 Å². The highest BCUT2D eigenvalue weighted by Crippen LogP contribution is 2.30. The molecule has 0 radical (unpaired) electrons. The molecule has 4 rings (SSSR count). The van der Waals surface area contributed by atoms with Crippen molar-refractivity contribution >= 4 is 89.1 Å².